The Hall–Kier alpha value is -2.76. The fourth-order valence-electron chi connectivity index (χ4n) is 2.00. The smallest absolute Gasteiger partial charge is 0.240 e. The molecule has 0 atom stereocenters. The Morgan fingerprint density at radius 2 is 2.19 bits per heavy atom. The fraction of sp³-hybridized carbons (Fsp3) is 0.200. The number of rotatable bonds is 5. The molecular weight excluding hydrogens is 268 g/mol. The summed E-state index contributed by atoms with van der Waals surface area (Å²) in [6.45, 7) is 1.87. The molecule has 0 aliphatic heterocycles. The van der Waals surface area contributed by atoms with E-state index in [-0.39, 0.29) is 12.2 Å². The van der Waals surface area contributed by atoms with Gasteiger partial charge in [-0.25, -0.2) is 4.98 Å². The summed E-state index contributed by atoms with van der Waals surface area (Å²) in [5.74, 6) is 1.19. The number of aromatic nitrogens is 4. The van der Waals surface area contributed by atoms with Crippen LogP contribution >= 0.6 is 0 Å². The second-order valence-corrected chi connectivity index (χ2v) is 4.56. The van der Waals surface area contributed by atoms with Crippen molar-refractivity contribution < 1.29 is 9.21 Å². The number of H-pyrrole nitrogens is 1. The van der Waals surface area contributed by atoms with Gasteiger partial charge in [-0.2, -0.15) is 0 Å². The molecule has 0 bridgehead atoms. The quantitative estimate of drug-likeness (QED) is 0.727. The lowest BCUT2D eigenvalue weighted by Crippen LogP contribution is -2.03. The Morgan fingerprint density at radius 3 is 3.00 bits per heavy atom. The maximum atomic E-state index is 12.1. The van der Waals surface area contributed by atoms with E-state index in [9.17, 15) is 4.79 Å². The van der Waals surface area contributed by atoms with E-state index < -0.39 is 0 Å². The Morgan fingerprint density at radius 1 is 1.33 bits per heavy atom. The number of Topliss-reactive ketones (excluding diaryl/α,β-unsaturated/α-hetero) is 1. The summed E-state index contributed by atoms with van der Waals surface area (Å²) in [5, 5.41) is 7.75. The number of ketones is 1. The van der Waals surface area contributed by atoms with Crippen LogP contribution in [0.5, 0.6) is 0 Å². The molecule has 1 aromatic carbocycles. The number of para-hydroxylation sites is 2. The van der Waals surface area contributed by atoms with Crippen LogP contribution in [0, 0.1) is 0 Å². The summed E-state index contributed by atoms with van der Waals surface area (Å²) < 4.78 is 5.38. The van der Waals surface area contributed by atoms with Gasteiger partial charge in [-0.3, -0.25) is 4.79 Å². The topological polar surface area (TPSA) is 84.7 Å². The first-order valence-electron chi connectivity index (χ1n) is 6.69. The van der Waals surface area contributed by atoms with Crippen molar-refractivity contribution in [2.24, 2.45) is 0 Å². The van der Waals surface area contributed by atoms with Gasteiger partial charge in [0.2, 0.25) is 11.8 Å². The van der Waals surface area contributed by atoms with E-state index in [0.29, 0.717) is 24.0 Å². The van der Waals surface area contributed by atoms with E-state index in [0.717, 1.165) is 11.0 Å². The van der Waals surface area contributed by atoms with Crippen LogP contribution < -0.4 is 0 Å². The first-order valence-corrected chi connectivity index (χ1v) is 6.69. The zero-order chi connectivity index (χ0) is 14.7. The van der Waals surface area contributed by atoms with Crippen LogP contribution in [0.1, 0.15) is 35.7 Å². The molecule has 21 heavy (non-hydrogen) atoms. The molecule has 0 saturated heterocycles. The molecule has 2 heterocycles. The summed E-state index contributed by atoms with van der Waals surface area (Å²) in [6.07, 6.45) is 4.21. The number of carbonyl (C=O) groups excluding carboxylic acids is 1. The zero-order valence-corrected chi connectivity index (χ0v) is 11.5. The number of allylic oxidation sites excluding steroid dienone is 1. The predicted octanol–water partition coefficient (Wildman–Crippen LogP) is 2.79. The molecule has 0 aliphatic rings. The van der Waals surface area contributed by atoms with Crippen molar-refractivity contribution in [1.29, 1.82) is 0 Å². The third-order valence-corrected chi connectivity index (χ3v) is 3.01. The molecule has 0 amide bonds. The van der Waals surface area contributed by atoms with Gasteiger partial charge >= 0.3 is 0 Å². The summed E-state index contributed by atoms with van der Waals surface area (Å²) in [6, 6.07) is 7.54. The molecule has 3 aromatic rings. The molecule has 106 valence electrons. The number of benzene rings is 1. The Balaban J connectivity index is 1.68. The highest BCUT2D eigenvalue weighted by molar-refractivity contribution is 5.95. The Labute approximate surface area is 120 Å². The minimum absolute atomic E-state index is 0.0722. The van der Waals surface area contributed by atoms with Gasteiger partial charge in [-0.15, -0.1) is 10.2 Å². The minimum atomic E-state index is -0.0722. The molecule has 6 heteroatoms. The van der Waals surface area contributed by atoms with Crippen LogP contribution in [0.2, 0.25) is 0 Å². The van der Waals surface area contributed by atoms with Gasteiger partial charge in [0.25, 0.3) is 0 Å². The number of nitrogens with one attached hydrogen (secondary N) is 1. The molecular formula is C15H14N4O2. The lowest BCUT2D eigenvalue weighted by atomic mass is 10.2. The normalized spacial score (nSPS) is 11.5. The second-order valence-electron chi connectivity index (χ2n) is 4.56. The number of aryl methyl sites for hydroxylation is 1. The molecule has 0 aliphatic carbocycles. The van der Waals surface area contributed by atoms with E-state index >= 15 is 0 Å². The van der Waals surface area contributed by atoms with E-state index in [2.05, 4.69) is 20.2 Å². The zero-order valence-electron chi connectivity index (χ0n) is 11.5. The number of aromatic amines is 1. The highest BCUT2D eigenvalue weighted by Gasteiger charge is 2.13. The molecule has 0 radical (unpaired) electrons. The highest BCUT2D eigenvalue weighted by Crippen LogP contribution is 2.12. The van der Waals surface area contributed by atoms with Crippen LogP contribution in [-0.4, -0.2) is 25.9 Å². The summed E-state index contributed by atoms with van der Waals surface area (Å²) in [5.41, 5.74) is 1.64. The summed E-state index contributed by atoms with van der Waals surface area (Å²) in [7, 11) is 0. The number of carbonyl (C=O) groups is 1. The van der Waals surface area contributed by atoms with Gasteiger partial charge in [-0.1, -0.05) is 18.2 Å². The van der Waals surface area contributed by atoms with Crippen LogP contribution in [0.15, 0.2) is 34.8 Å². The van der Waals surface area contributed by atoms with E-state index in [1.165, 1.54) is 0 Å². The van der Waals surface area contributed by atoms with Gasteiger partial charge in [0.1, 0.15) is 0 Å². The maximum Gasteiger partial charge on any atom is 0.240 e. The van der Waals surface area contributed by atoms with Gasteiger partial charge in [0.15, 0.2) is 11.6 Å². The third-order valence-electron chi connectivity index (χ3n) is 3.01. The van der Waals surface area contributed by atoms with E-state index in [1.54, 1.807) is 6.08 Å². The van der Waals surface area contributed by atoms with Crippen molar-refractivity contribution in [2.75, 3.05) is 0 Å². The van der Waals surface area contributed by atoms with Crippen molar-refractivity contribution in [3.63, 3.8) is 0 Å². The number of nitrogens with zero attached hydrogens (tertiary/aromatic N) is 3. The van der Waals surface area contributed by atoms with Gasteiger partial charge in [0.05, 0.1) is 11.0 Å². The van der Waals surface area contributed by atoms with E-state index in [4.69, 9.17) is 4.42 Å². The highest BCUT2D eigenvalue weighted by atomic mass is 16.4. The number of hydrogen-bond acceptors (Lipinski definition) is 5. The van der Waals surface area contributed by atoms with Crippen LogP contribution in [0.25, 0.3) is 17.1 Å². The van der Waals surface area contributed by atoms with E-state index in [1.807, 2.05) is 37.3 Å². The summed E-state index contributed by atoms with van der Waals surface area (Å²) in [4.78, 5) is 19.4. The molecule has 1 N–H and O–H groups in total. The molecule has 0 fully saturated rings. The SMILES string of the molecule is C/C=C/c1nnc(CCC(=O)c2nc3ccccc3[nH]2)o1. The minimum Gasteiger partial charge on any atom is -0.421 e. The standard InChI is InChI=1S/C15H14N4O2/c1-2-5-13-18-19-14(21-13)9-8-12(20)15-16-10-6-3-4-7-11(10)17-15/h2-7H,8-9H2,1H3,(H,16,17)/b5-2+. The summed E-state index contributed by atoms with van der Waals surface area (Å²) >= 11 is 0. The van der Waals surface area contributed by atoms with Crippen molar-refractivity contribution in [3.8, 4) is 0 Å². The predicted molar refractivity (Wildman–Crippen MR) is 77.8 cm³/mol. The van der Waals surface area contributed by atoms with Crippen molar-refractivity contribution in [3.05, 3.63) is 47.9 Å². The Kier molecular flexibility index (Phi) is 3.59. The fourth-order valence-corrected chi connectivity index (χ4v) is 2.00. The molecule has 0 spiro atoms. The van der Waals surface area contributed by atoms with Crippen molar-refractivity contribution in [1.82, 2.24) is 20.2 Å². The average Bonchev–Trinajstić information content (AvgIpc) is 3.11. The second kappa shape index (κ2) is 5.70. The largest absolute Gasteiger partial charge is 0.421 e. The number of imidazole rings is 1. The van der Waals surface area contributed by atoms with Crippen LogP contribution in [0.4, 0.5) is 0 Å². The maximum absolute atomic E-state index is 12.1. The first kappa shape index (κ1) is 13.2. The number of hydrogen-bond donors (Lipinski definition) is 1. The molecule has 6 nitrogen and oxygen atoms in total. The first-order chi connectivity index (χ1) is 10.3. The average molecular weight is 282 g/mol. The van der Waals surface area contributed by atoms with Crippen LogP contribution in [0.3, 0.4) is 0 Å². The van der Waals surface area contributed by atoms with Gasteiger partial charge in [0, 0.05) is 12.8 Å². The van der Waals surface area contributed by atoms with Gasteiger partial charge < -0.3 is 9.40 Å². The molecule has 2 aromatic heterocycles. The van der Waals surface area contributed by atoms with Crippen molar-refractivity contribution in [2.45, 2.75) is 19.8 Å². The molecule has 3 rings (SSSR count). The lowest BCUT2D eigenvalue weighted by molar-refractivity contribution is 0.0971. The van der Waals surface area contributed by atoms with Crippen LogP contribution in [-0.2, 0) is 6.42 Å². The Bertz CT molecular complexity index is 768. The van der Waals surface area contributed by atoms with Crippen molar-refractivity contribution >= 4 is 22.9 Å². The third kappa shape index (κ3) is 2.89. The molecule has 0 unspecified atom stereocenters. The molecule has 0 saturated carbocycles. The lowest BCUT2D eigenvalue weighted by Gasteiger charge is -1.93. The monoisotopic (exact) mass is 282 g/mol. The number of fused-ring (bicyclic) bond motifs is 1. The van der Waals surface area contributed by atoms with Gasteiger partial charge in [-0.05, 0) is 25.1 Å².